The first-order chi connectivity index (χ1) is 19.2. The van der Waals surface area contributed by atoms with E-state index in [1.807, 2.05) is 0 Å². The van der Waals surface area contributed by atoms with E-state index in [0.29, 0.717) is 6.61 Å². The Balaban J connectivity index is 3.78. The monoisotopic (exact) mass is 595 g/mol. The van der Waals surface area contributed by atoms with E-state index >= 15 is 0 Å². The Hall–Kier alpha value is -1.03. The Morgan fingerprint density at radius 2 is 1.25 bits per heavy atom. The quantitative estimate of drug-likeness (QED) is 0.0364. The van der Waals surface area contributed by atoms with E-state index in [0.717, 1.165) is 45.1 Å². The van der Waals surface area contributed by atoms with Gasteiger partial charge in [-0.3, -0.25) is 14.1 Å². The molecule has 0 fully saturated rings. The van der Waals surface area contributed by atoms with Crippen molar-refractivity contribution in [2.75, 3.05) is 33.2 Å². The molecule has 0 aromatic carbocycles. The van der Waals surface area contributed by atoms with Gasteiger partial charge >= 0.3 is 13.8 Å². The molecule has 11 heteroatoms. The average Bonchev–Trinajstić information content (AvgIpc) is 2.89. The van der Waals surface area contributed by atoms with Gasteiger partial charge in [-0.1, -0.05) is 103 Å². The van der Waals surface area contributed by atoms with Crippen LogP contribution in [0.5, 0.6) is 0 Å². The molecule has 238 valence electrons. The van der Waals surface area contributed by atoms with Crippen LogP contribution in [0.25, 0.3) is 0 Å². The van der Waals surface area contributed by atoms with Gasteiger partial charge in [0.05, 0.1) is 13.2 Å². The van der Waals surface area contributed by atoms with Crippen LogP contribution < -0.4 is 5.32 Å². The number of rotatable bonds is 30. The molecule has 0 heterocycles. The molecular formula is C29H58NO9P. The Labute approximate surface area is 242 Å². The number of unbranched alkanes of at least 4 members (excludes halogenated alkanes) is 16. The van der Waals surface area contributed by atoms with Crippen LogP contribution in [0.15, 0.2) is 0 Å². The van der Waals surface area contributed by atoms with E-state index in [9.17, 15) is 14.2 Å². The van der Waals surface area contributed by atoms with E-state index in [1.165, 1.54) is 77.0 Å². The van der Waals surface area contributed by atoms with Crippen LogP contribution in [0.4, 0.5) is 0 Å². The second-order valence-corrected chi connectivity index (χ2v) is 11.8. The zero-order chi connectivity index (χ0) is 29.7. The number of phosphoric acid groups is 1. The lowest BCUT2D eigenvalue weighted by molar-refractivity contribution is -0.158. The van der Waals surface area contributed by atoms with Gasteiger partial charge in [0.25, 0.3) is 0 Å². The Morgan fingerprint density at radius 3 is 1.80 bits per heavy atom. The summed E-state index contributed by atoms with van der Waals surface area (Å²) in [5, 5.41) is 2.82. The lowest BCUT2D eigenvalue weighted by atomic mass is 10.1. The minimum atomic E-state index is -4.67. The number of carbonyl (C=O) groups excluding carboxylic acids is 2. The van der Waals surface area contributed by atoms with Crippen LogP contribution in [0, 0.1) is 0 Å². The van der Waals surface area contributed by atoms with Gasteiger partial charge in [-0.05, 0) is 19.3 Å². The third-order valence-electron chi connectivity index (χ3n) is 6.52. The van der Waals surface area contributed by atoms with Crippen LogP contribution in [-0.2, 0) is 32.9 Å². The predicted octanol–water partition coefficient (Wildman–Crippen LogP) is 6.57. The molecule has 0 bridgehead atoms. The molecule has 0 spiro atoms. The van der Waals surface area contributed by atoms with Crippen molar-refractivity contribution in [2.24, 2.45) is 0 Å². The molecule has 0 aromatic rings. The van der Waals surface area contributed by atoms with E-state index in [4.69, 9.17) is 24.0 Å². The van der Waals surface area contributed by atoms with Crippen molar-refractivity contribution in [3.8, 4) is 0 Å². The fourth-order valence-electron chi connectivity index (χ4n) is 4.25. The number of amides is 1. The first-order valence-electron chi connectivity index (χ1n) is 15.5. The number of hydrogen-bond donors (Lipinski definition) is 3. The van der Waals surface area contributed by atoms with Crippen molar-refractivity contribution in [1.29, 1.82) is 0 Å². The highest BCUT2D eigenvalue weighted by Crippen LogP contribution is 2.35. The second-order valence-electron chi connectivity index (χ2n) is 10.5. The number of phosphoric ester groups is 1. The highest BCUT2D eigenvalue weighted by atomic mass is 31.2. The fraction of sp³-hybridized carbons (Fsp3) is 0.931. The third-order valence-corrected chi connectivity index (χ3v) is 7.01. The molecule has 1 atom stereocenters. The number of ether oxygens (including phenoxy) is 3. The van der Waals surface area contributed by atoms with Crippen molar-refractivity contribution >= 4 is 19.7 Å². The summed E-state index contributed by atoms with van der Waals surface area (Å²) in [6.45, 7) is 4.60. The Morgan fingerprint density at radius 1 is 0.725 bits per heavy atom. The maximum absolute atomic E-state index is 12.2. The minimum Gasteiger partial charge on any atom is -0.457 e. The van der Waals surface area contributed by atoms with Gasteiger partial charge in [0.15, 0.2) is 0 Å². The molecule has 10 nitrogen and oxygen atoms in total. The molecule has 1 amide bonds. The van der Waals surface area contributed by atoms with E-state index in [-0.39, 0.29) is 25.7 Å². The van der Waals surface area contributed by atoms with E-state index in [2.05, 4.69) is 16.8 Å². The summed E-state index contributed by atoms with van der Waals surface area (Å²) in [6, 6.07) is 0. The Bertz CT molecular complexity index is 645. The molecule has 0 unspecified atom stereocenters. The molecule has 0 radical (unpaired) electrons. The van der Waals surface area contributed by atoms with Crippen molar-refractivity contribution in [3.63, 3.8) is 0 Å². The van der Waals surface area contributed by atoms with Crippen LogP contribution >= 0.6 is 7.82 Å². The number of hydrogen-bond acceptors (Lipinski definition) is 7. The second kappa shape index (κ2) is 28.1. The zero-order valence-electron chi connectivity index (χ0n) is 25.2. The highest BCUT2D eigenvalue weighted by molar-refractivity contribution is 7.46. The Kier molecular flexibility index (Phi) is 27.4. The molecule has 3 N–H and O–H groups in total. The van der Waals surface area contributed by atoms with Crippen molar-refractivity contribution < 1.29 is 42.7 Å². The number of nitrogens with one attached hydrogen (secondary N) is 1. The number of esters is 1. The predicted molar refractivity (Wildman–Crippen MR) is 157 cm³/mol. The van der Waals surface area contributed by atoms with Gasteiger partial charge in [-0.2, -0.15) is 0 Å². The van der Waals surface area contributed by atoms with Crippen LogP contribution in [0.1, 0.15) is 136 Å². The summed E-state index contributed by atoms with van der Waals surface area (Å²) < 4.78 is 31.8. The van der Waals surface area contributed by atoms with Gasteiger partial charge in [0.1, 0.15) is 12.9 Å². The maximum Gasteiger partial charge on any atom is 0.469 e. The molecule has 0 aliphatic carbocycles. The summed E-state index contributed by atoms with van der Waals surface area (Å²) in [7, 11) is -4.67. The molecule has 0 aromatic heterocycles. The molecule has 0 saturated carbocycles. The SMILES string of the molecule is CCCCCCCCCCC(=O)O[C@@H](COCOCCCCCCCCCCCCNC(C)=O)COP(=O)(O)O. The first-order valence-corrected chi connectivity index (χ1v) is 17.1. The molecule has 0 aliphatic rings. The topological polar surface area (TPSA) is 141 Å². The summed E-state index contributed by atoms with van der Waals surface area (Å²) in [5.41, 5.74) is 0. The lowest BCUT2D eigenvalue weighted by Crippen LogP contribution is -2.28. The zero-order valence-corrected chi connectivity index (χ0v) is 26.1. The molecule has 40 heavy (non-hydrogen) atoms. The third kappa shape index (κ3) is 31.5. The van der Waals surface area contributed by atoms with Crippen LogP contribution in [-0.4, -0.2) is 60.9 Å². The molecule has 0 saturated heterocycles. The van der Waals surface area contributed by atoms with Crippen molar-refractivity contribution in [2.45, 2.75) is 142 Å². The maximum atomic E-state index is 12.2. The van der Waals surface area contributed by atoms with E-state index in [1.54, 1.807) is 6.92 Å². The summed E-state index contributed by atoms with van der Waals surface area (Å²) in [5.74, 6) is -0.378. The first kappa shape index (κ1) is 39.0. The summed E-state index contributed by atoms with van der Waals surface area (Å²) in [4.78, 5) is 40.9. The molecular weight excluding hydrogens is 537 g/mol. The van der Waals surface area contributed by atoms with Crippen molar-refractivity contribution in [3.05, 3.63) is 0 Å². The summed E-state index contributed by atoms with van der Waals surface area (Å²) >= 11 is 0. The summed E-state index contributed by atoms with van der Waals surface area (Å²) in [6.07, 6.45) is 19.9. The minimum absolute atomic E-state index is 0.0178. The van der Waals surface area contributed by atoms with E-state index < -0.39 is 26.5 Å². The largest absolute Gasteiger partial charge is 0.469 e. The van der Waals surface area contributed by atoms with Crippen LogP contribution in [0.2, 0.25) is 0 Å². The molecule has 0 aliphatic heterocycles. The smallest absolute Gasteiger partial charge is 0.457 e. The average molecular weight is 596 g/mol. The van der Waals surface area contributed by atoms with Gasteiger partial charge in [0.2, 0.25) is 5.91 Å². The standard InChI is InChI=1S/C29H58NO9P/c1-3-4-5-6-7-12-15-18-21-29(32)39-28(25-38-40(33,34)35)24-37-26-36-23-20-17-14-11-9-8-10-13-16-19-22-30-27(2)31/h28H,3-26H2,1-2H3,(H,30,31)(H2,33,34,35)/t28-/m0/s1. The van der Waals surface area contributed by atoms with Crippen LogP contribution in [0.3, 0.4) is 0 Å². The normalized spacial score (nSPS) is 12.4. The highest BCUT2D eigenvalue weighted by Gasteiger charge is 2.21. The van der Waals surface area contributed by atoms with Gasteiger partial charge in [0, 0.05) is 26.5 Å². The van der Waals surface area contributed by atoms with Crippen molar-refractivity contribution in [1.82, 2.24) is 5.32 Å². The van der Waals surface area contributed by atoms with Gasteiger partial charge in [-0.25, -0.2) is 4.57 Å². The van der Waals surface area contributed by atoms with Gasteiger partial charge < -0.3 is 29.3 Å². The van der Waals surface area contributed by atoms with Gasteiger partial charge in [-0.15, -0.1) is 0 Å². The fourth-order valence-corrected chi connectivity index (χ4v) is 4.61. The molecule has 0 rings (SSSR count). The lowest BCUT2D eigenvalue weighted by Gasteiger charge is -2.18. The number of carbonyl (C=O) groups is 2.